The number of nitrogens with one attached hydrogen (secondary N) is 2. The second-order valence-electron chi connectivity index (χ2n) is 4.63. The first kappa shape index (κ1) is 14.5. The lowest BCUT2D eigenvalue weighted by Gasteiger charge is -2.24. The summed E-state index contributed by atoms with van der Waals surface area (Å²) in [6.45, 7) is 0.874. The number of anilines is 2. The molecule has 0 spiro atoms. The van der Waals surface area contributed by atoms with Crippen LogP contribution in [0, 0.1) is 0 Å². The van der Waals surface area contributed by atoms with Crippen molar-refractivity contribution in [2.45, 2.75) is 6.04 Å². The van der Waals surface area contributed by atoms with E-state index in [1.165, 1.54) is 0 Å². The van der Waals surface area contributed by atoms with Gasteiger partial charge < -0.3 is 15.5 Å². The predicted octanol–water partition coefficient (Wildman–Crippen LogP) is 2.05. The van der Waals surface area contributed by atoms with E-state index < -0.39 is 0 Å². The van der Waals surface area contributed by atoms with Crippen molar-refractivity contribution in [2.75, 3.05) is 42.4 Å². The first-order valence-corrected chi connectivity index (χ1v) is 7.70. The fourth-order valence-electron chi connectivity index (χ4n) is 1.95. The van der Waals surface area contributed by atoms with Crippen molar-refractivity contribution >= 4 is 40.6 Å². The van der Waals surface area contributed by atoms with Crippen LogP contribution in [0.4, 0.5) is 11.4 Å². The summed E-state index contributed by atoms with van der Waals surface area (Å²) < 4.78 is 0. The number of rotatable bonds is 3. The second kappa shape index (κ2) is 6.50. The Morgan fingerprint density at radius 1 is 1.53 bits per heavy atom. The molecule has 0 radical (unpaired) electrons. The Balaban J connectivity index is 2.13. The van der Waals surface area contributed by atoms with E-state index in [-0.39, 0.29) is 11.9 Å². The molecule has 1 atom stereocenters. The number of hydrogen-bond acceptors (Lipinski definition) is 4. The Hall–Kier alpha value is -0.910. The Morgan fingerprint density at radius 3 is 2.95 bits per heavy atom. The maximum Gasteiger partial charge on any atom is 0.242 e. The lowest BCUT2D eigenvalue weighted by atomic mass is 10.2. The molecule has 1 aromatic rings. The topological polar surface area (TPSA) is 44.4 Å². The van der Waals surface area contributed by atoms with E-state index in [0.29, 0.717) is 5.02 Å². The van der Waals surface area contributed by atoms with E-state index in [2.05, 4.69) is 10.6 Å². The van der Waals surface area contributed by atoms with Gasteiger partial charge in [0, 0.05) is 37.2 Å². The number of hydrogen-bond donors (Lipinski definition) is 2. The molecule has 1 fully saturated rings. The number of carbonyl (C=O) groups is 1. The van der Waals surface area contributed by atoms with Crippen LogP contribution in [0.1, 0.15) is 0 Å². The molecule has 1 aliphatic heterocycles. The maximum absolute atomic E-state index is 12.2. The second-order valence-corrected chi connectivity index (χ2v) is 6.21. The predicted molar refractivity (Wildman–Crippen MR) is 83.5 cm³/mol. The highest BCUT2D eigenvalue weighted by Gasteiger charge is 2.21. The highest BCUT2D eigenvalue weighted by atomic mass is 35.5. The minimum absolute atomic E-state index is 0.00225. The largest absolute Gasteiger partial charge is 0.376 e. The van der Waals surface area contributed by atoms with E-state index in [1.54, 1.807) is 17.8 Å². The normalized spacial score (nSPS) is 19.0. The number of thioether (sulfide) groups is 1. The average molecular weight is 300 g/mol. The van der Waals surface area contributed by atoms with Crippen molar-refractivity contribution in [3.63, 3.8) is 0 Å². The number of carbonyl (C=O) groups excluding carboxylic acids is 1. The number of nitrogens with zero attached hydrogens (tertiary/aromatic N) is 1. The third-order valence-corrected chi connectivity index (χ3v) is 4.23. The molecule has 0 aliphatic carbocycles. The van der Waals surface area contributed by atoms with Crippen LogP contribution in [0.2, 0.25) is 5.02 Å². The van der Waals surface area contributed by atoms with Crippen LogP contribution in [0.3, 0.4) is 0 Å². The van der Waals surface area contributed by atoms with E-state index in [1.807, 2.05) is 31.1 Å². The average Bonchev–Trinajstić information content (AvgIpc) is 2.39. The molecule has 0 bridgehead atoms. The molecule has 6 heteroatoms. The van der Waals surface area contributed by atoms with Crippen molar-refractivity contribution in [1.29, 1.82) is 0 Å². The van der Waals surface area contributed by atoms with Crippen molar-refractivity contribution < 1.29 is 4.79 Å². The monoisotopic (exact) mass is 299 g/mol. The summed E-state index contributed by atoms with van der Waals surface area (Å²) >= 11 is 7.80. The molecule has 1 aromatic carbocycles. The molecule has 1 amide bonds. The summed E-state index contributed by atoms with van der Waals surface area (Å²) in [7, 11) is 3.88. The molecular weight excluding hydrogens is 282 g/mol. The van der Waals surface area contributed by atoms with Gasteiger partial charge in [-0.15, -0.1) is 0 Å². The summed E-state index contributed by atoms with van der Waals surface area (Å²) in [4.78, 5) is 14.2. The van der Waals surface area contributed by atoms with E-state index in [4.69, 9.17) is 11.6 Å². The molecule has 2 N–H and O–H groups in total. The number of benzene rings is 1. The Kier molecular flexibility index (Phi) is 4.96. The van der Waals surface area contributed by atoms with Crippen LogP contribution in [0.15, 0.2) is 18.2 Å². The highest BCUT2D eigenvalue weighted by molar-refractivity contribution is 7.99. The van der Waals surface area contributed by atoms with Gasteiger partial charge in [0.15, 0.2) is 0 Å². The minimum Gasteiger partial charge on any atom is -0.376 e. The summed E-state index contributed by atoms with van der Waals surface area (Å²) in [5.74, 6) is 1.87. The number of amides is 1. The van der Waals surface area contributed by atoms with Gasteiger partial charge in [0.2, 0.25) is 5.91 Å². The standard InChI is InChI=1S/C13H18ClN3OS/c1-17(2)12-4-3-9(14)7-10(12)16-13(18)11-8-19-6-5-15-11/h3-4,7,11,15H,5-6,8H2,1-2H3,(H,16,18). The Bertz CT molecular complexity index is 461. The van der Waals surface area contributed by atoms with Crippen LogP contribution >= 0.6 is 23.4 Å². The zero-order chi connectivity index (χ0) is 13.8. The van der Waals surface area contributed by atoms with Crippen LogP contribution < -0.4 is 15.5 Å². The fraction of sp³-hybridized carbons (Fsp3) is 0.462. The highest BCUT2D eigenvalue weighted by Crippen LogP contribution is 2.28. The molecule has 2 rings (SSSR count). The van der Waals surface area contributed by atoms with Gasteiger partial charge in [0.1, 0.15) is 0 Å². The van der Waals surface area contributed by atoms with Crippen LogP contribution in [-0.2, 0) is 4.79 Å². The van der Waals surface area contributed by atoms with Crippen LogP contribution in [0.5, 0.6) is 0 Å². The van der Waals surface area contributed by atoms with Crippen molar-refractivity contribution in [1.82, 2.24) is 5.32 Å². The Labute approximate surface area is 122 Å². The van der Waals surface area contributed by atoms with Gasteiger partial charge in [-0.2, -0.15) is 11.8 Å². The van der Waals surface area contributed by atoms with Crippen LogP contribution in [0.25, 0.3) is 0 Å². The molecule has 1 saturated heterocycles. The van der Waals surface area contributed by atoms with Gasteiger partial charge >= 0.3 is 0 Å². The molecule has 1 unspecified atom stereocenters. The molecule has 0 aromatic heterocycles. The van der Waals surface area contributed by atoms with E-state index in [9.17, 15) is 4.79 Å². The maximum atomic E-state index is 12.2. The van der Waals surface area contributed by atoms with Gasteiger partial charge in [-0.05, 0) is 18.2 Å². The zero-order valence-electron chi connectivity index (χ0n) is 11.1. The fourth-order valence-corrected chi connectivity index (χ4v) is 3.06. The summed E-state index contributed by atoms with van der Waals surface area (Å²) in [6.07, 6.45) is 0. The third kappa shape index (κ3) is 3.78. The molecule has 1 aliphatic rings. The van der Waals surface area contributed by atoms with E-state index >= 15 is 0 Å². The van der Waals surface area contributed by atoms with Gasteiger partial charge in [-0.1, -0.05) is 11.6 Å². The lowest BCUT2D eigenvalue weighted by molar-refractivity contribution is -0.117. The molecule has 0 saturated carbocycles. The number of halogens is 1. The summed E-state index contributed by atoms with van der Waals surface area (Å²) in [5, 5.41) is 6.80. The van der Waals surface area contributed by atoms with Crippen LogP contribution in [-0.4, -0.2) is 44.1 Å². The Morgan fingerprint density at radius 2 is 2.32 bits per heavy atom. The molecule has 104 valence electrons. The SMILES string of the molecule is CN(C)c1ccc(Cl)cc1NC(=O)C1CSCCN1. The van der Waals surface area contributed by atoms with Gasteiger partial charge in [-0.25, -0.2) is 0 Å². The van der Waals surface area contributed by atoms with Crippen molar-refractivity contribution in [3.05, 3.63) is 23.2 Å². The van der Waals surface area contributed by atoms with Gasteiger partial charge in [0.05, 0.1) is 17.4 Å². The van der Waals surface area contributed by atoms with Crippen molar-refractivity contribution in [3.8, 4) is 0 Å². The first-order chi connectivity index (χ1) is 9.08. The molecule has 1 heterocycles. The molecule has 19 heavy (non-hydrogen) atoms. The molecular formula is C13H18ClN3OS. The molecule has 4 nitrogen and oxygen atoms in total. The quantitative estimate of drug-likeness (QED) is 0.897. The summed E-state index contributed by atoms with van der Waals surface area (Å²) in [5.41, 5.74) is 1.70. The summed E-state index contributed by atoms with van der Waals surface area (Å²) in [6, 6.07) is 5.38. The van der Waals surface area contributed by atoms with Gasteiger partial charge in [0.25, 0.3) is 0 Å². The minimum atomic E-state index is -0.132. The first-order valence-electron chi connectivity index (χ1n) is 6.17. The lowest BCUT2D eigenvalue weighted by Crippen LogP contribution is -2.46. The van der Waals surface area contributed by atoms with E-state index in [0.717, 1.165) is 29.4 Å². The third-order valence-electron chi connectivity index (χ3n) is 2.94. The zero-order valence-corrected chi connectivity index (χ0v) is 12.6. The van der Waals surface area contributed by atoms with Gasteiger partial charge in [-0.3, -0.25) is 4.79 Å². The smallest absolute Gasteiger partial charge is 0.242 e. The van der Waals surface area contributed by atoms with Crippen molar-refractivity contribution in [2.24, 2.45) is 0 Å².